The van der Waals surface area contributed by atoms with Gasteiger partial charge in [-0.1, -0.05) is 23.2 Å². The molecule has 0 spiro atoms. The van der Waals surface area contributed by atoms with Crippen molar-refractivity contribution in [1.29, 1.82) is 0 Å². The largest absolute Gasteiger partial charge is 0.341 e. The van der Waals surface area contributed by atoms with Gasteiger partial charge in [-0.2, -0.15) is 9.97 Å². The van der Waals surface area contributed by atoms with E-state index < -0.39 is 0 Å². The number of hydrogen-bond acceptors (Lipinski definition) is 4. The van der Waals surface area contributed by atoms with Crippen molar-refractivity contribution < 1.29 is 4.79 Å². The summed E-state index contributed by atoms with van der Waals surface area (Å²) in [6.45, 7) is 1.82. The summed E-state index contributed by atoms with van der Waals surface area (Å²) >= 11 is 11.9. The highest BCUT2D eigenvalue weighted by Crippen LogP contribution is 2.20. The molecular formula is C13H9Cl2N5O. The Balaban J connectivity index is 1.90. The number of rotatable bonds is 2. The van der Waals surface area contributed by atoms with Crippen LogP contribution >= 0.6 is 23.2 Å². The molecule has 0 radical (unpaired) electrons. The van der Waals surface area contributed by atoms with Crippen LogP contribution in [-0.2, 0) is 0 Å². The van der Waals surface area contributed by atoms with E-state index in [1.54, 1.807) is 18.2 Å². The van der Waals surface area contributed by atoms with Gasteiger partial charge in [-0.15, -0.1) is 0 Å². The van der Waals surface area contributed by atoms with Crippen molar-refractivity contribution in [2.75, 3.05) is 5.32 Å². The van der Waals surface area contributed by atoms with Crippen LogP contribution < -0.4 is 5.32 Å². The number of imidazole rings is 1. The highest BCUT2D eigenvalue weighted by molar-refractivity contribution is 6.33. The van der Waals surface area contributed by atoms with Crippen LogP contribution in [0.25, 0.3) is 11.2 Å². The molecule has 1 amide bonds. The number of aromatic nitrogens is 4. The standard InChI is InChI=1S/C13H9Cl2N5O/c1-6-4-7(2-3-8(6)14)12(21)20-13-18-10(15)9-11(19-13)17-5-16-9/h2-5H,1H3,(H2,16,17,18,19,20,21). The first-order chi connectivity index (χ1) is 10.0. The monoisotopic (exact) mass is 321 g/mol. The normalized spacial score (nSPS) is 10.8. The van der Waals surface area contributed by atoms with E-state index in [4.69, 9.17) is 23.2 Å². The third-order valence-corrected chi connectivity index (χ3v) is 3.58. The van der Waals surface area contributed by atoms with Crippen LogP contribution in [0.4, 0.5) is 5.95 Å². The van der Waals surface area contributed by atoms with Crippen LogP contribution in [0.3, 0.4) is 0 Å². The molecule has 2 heterocycles. The second kappa shape index (κ2) is 5.31. The van der Waals surface area contributed by atoms with Gasteiger partial charge in [-0.3, -0.25) is 10.1 Å². The second-order valence-electron chi connectivity index (χ2n) is 4.36. The Kier molecular flexibility index (Phi) is 3.48. The summed E-state index contributed by atoms with van der Waals surface area (Å²) in [5, 5.41) is 3.38. The Bertz CT molecular complexity index is 846. The number of halogens is 2. The Morgan fingerprint density at radius 2 is 2.10 bits per heavy atom. The molecule has 2 N–H and O–H groups in total. The van der Waals surface area contributed by atoms with E-state index in [1.807, 2.05) is 6.92 Å². The average molecular weight is 322 g/mol. The molecule has 3 aromatic rings. The molecule has 0 saturated heterocycles. The first-order valence-electron chi connectivity index (χ1n) is 5.99. The fraction of sp³-hybridized carbons (Fsp3) is 0.0769. The first-order valence-corrected chi connectivity index (χ1v) is 6.74. The number of nitrogens with zero attached hydrogens (tertiary/aromatic N) is 3. The minimum atomic E-state index is -0.347. The lowest BCUT2D eigenvalue weighted by atomic mass is 10.1. The molecule has 6 nitrogen and oxygen atoms in total. The number of fused-ring (bicyclic) bond motifs is 1. The van der Waals surface area contributed by atoms with Crippen LogP contribution in [0.15, 0.2) is 24.5 Å². The van der Waals surface area contributed by atoms with Crippen molar-refractivity contribution in [1.82, 2.24) is 19.9 Å². The minimum Gasteiger partial charge on any atom is -0.341 e. The van der Waals surface area contributed by atoms with E-state index >= 15 is 0 Å². The molecule has 1 aromatic carbocycles. The molecule has 3 rings (SSSR count). The number of nitrogens with one attached hydrogen (secondary N) is 2. The lowest BCUT2D eigenvalue weighted by molar-refractivity contribution is 0.102. The van der Waals surface area contributed by atoms with Crippen LogP contribution in [-0.4, -0.2) is 25.8 Å². The molecule has 0 saturated carbocycles. The van der Waals surface area contributed by atoms with Gasteiger partial charge in [0.2, 0.25) is 5.95 Å². The Hall–Kier alpha value is -2.18. The zero-order valence-electron chi connectivity index (χ0n) is 10.8. The van der Waals surface area contributed by atoms with Gasteiger partial charge >= 0.3 is 0 Å². The lowest BCUT2D eigenvalue weighted by Gasteiger charge is -2.05. The number of anilines is 1. The SMILES string of the molecule is Cc1cc(C(=O)Nc2nc(Cl)c3[nH]cnc3n2)ccc1Cl. The summed E-state index contributed by atoms with van der Waals surface area (Å²) in [5.74, 6) is -0.252. The third-order valence-electron chi connectivity index (χ3n) is 2.89. The maximum atomic E-state index is 12.2. The van der Waals surface area contributed by atoms with Crippen LogP contribution in [0.5, 0.6) is 0 Å². The highest BCUT2D eigenvalue weighted by atomic mass is 35.5. The zero-order valence-corrected chi connectivity index (χ0v) is 12.3. The van der Waals surface area contributed by atoms with E-state index in [0.717, 1.165) is 5.56 Å². The van der Waals surface area contributed by atoms with Gasteiger partial charge in [0.1, 0.15) is 5.52 Å². The van der Waals surface area contributed by atoms with E-state index in [1.165, 1.54) is 6.33 Å². The summed E-state index contributed by atoms with van der Waals surface area (Å²) in [5.41, 5.74) is 2.18. The van der Waals surface area contributed by atoms with Crippen molar-refractivity contribution in [3.05, 3.63) is 45.8 Å². The topological polar surface area (TPSA) is 83.6 Å². The summed E-state index contributed by atoms with van der Waals surface area (Å²) < 4.78 is 0. The minimum absolute atomic E-state index is 0.0946. The number of benzene rings is 1. The molecule has 0 aliphatic rings. The van der Waals surface area contributed by atoms with Crippen LogP contribution in [0.2, 0.25) is 10.2 Å². The van der Waals surface area contributed by atoms with Crippen molar-refractivity contribution in [3.8, 4) is 0 Å². The average Bonchev–Trinajstić information content (AvgIpc) is 2.90. The molecule has 2 aromatic heterocycles. The number of amides is 1. The summed E-state index contributed by atoms with van der Waals surface area (Å²) in [6.07, 6.45) is 1.46. The van der Waals surface area contributed by atoms with E-state index in [9.17, 15) is 4.79 Å². The molecule has 8 heteroatoms. The van der Waals surface area contributed by atoms with Gasteiger partial charge < -0.3 is 4.98 Å². The highest BCUT2D eigenvalue weighted by Gasteiger charge is 2.12. The van der Waals surface area contributed by atoms with Crippen molar-refractivity contribution in [2.24, 2.45) is 0 Å². The van der Waals surface area contributed by atoms with Gasteiger partial charge in [0.25, 0.3) is 5.91 Å². The van der Waals surface area contributed by atoms with Crippen LogP contribution in [0, 0.1) is 6.92 Å². The third kappa shape index (κ3) is 2.68. The summed E-state index contributed by atoms with van der Waals surface area (Å²) in [7, 11) is 0. The molecule has 0 bridgehead atoms. The maximum absolute atomic E-state index is 12.2. The number of aromatic amines is 1. The Morgan fingerprint density at radius 1 is 1.29 bits per heavy atom. The summed E-state index contributed by atoms with van der Waals surface area (Å²) in [4.78, 5) is 27.1. The van der Waals surface area contributed by atoms with E-state index in [-0.39, 0.29) is 17.0 Å². The molecule has 0 unspecified atom stereocenters. The molecule has 0 atom stereocenters. The number of hydrogen-bond donors (Lipinski definition) is 2. The number of carbonyl (C=O) groups excluding carboxylic acids is 1. The number of H-pyrrole nitrogens is 1. The van der Waals surface area contributed by atoms with Gasteiger partial charge in [-0.05, 0) is 30.7 Å². The van der Waals surface area contributed by atoms with Crippen molar-refractivity contribution >= 4 is 46.2 Å². The lowest BCUT2D eigenvalue weighted by Crippen LogP contribution is -2.14. The molecule has 0 fully saturated rings. The maximum Gasteiger partial charge on any atom is 0.258 e. The van der Waals surface area contributed by atoms with Gasteiger partial charge in [0.05, 0.1) is 6.33 Å². The van der Waals surface area contributed by atoms with E-state index in [0.29, 0.717) is 21.7 Å². The molecule has 0 aliphatic carbocycles. The van der Waals surface area contributed by atoms with Crippen LogP contribution in [0.1, 0.15) is 15.9 Å². The predicted octanol–water partition coefficient (Wildman–Crippen LogP) is 3.22. The predicted molar refractivity (Wildman–Crippen MR) is 80.8 cm³/mol. The Morgan fingerprint density at radius 3 is 2.86 bits per heavy atom. The van der Waals surface area contributed by atoms with Gasteiger partial charge in [0, 0.05) is 10.6 Å². The molecular weight excluding hydrogens is 313 g/mol. The zero-order chi connectivity index (χ0) is 15.0. The van der Waals surface area contributed by atoms with Gasteiger partial charge in [-0.25, -0.2) is 4.98 Å². The smallest absolute Gasteiger partial charge is 0.258 e. The summed E-state index contributed by atoms with van der Waals surface area (Å²) in [6, 6.07) is 4.97. The number of aryl methyl sites for hydroxylation is 1. The van der Waals surface area contributed by atoms with Crippen molar-refractivity contribution in [2.45, 2.75) is 6.92 Å². The fourth-order valence-electron chi connectivity index (χ4n) is 1.81. The first kappa shape index (κ1) is 13.8. The van der Waals surface area contributed by atoms with Gasteiger partial charge in [0.15, 0.2) is 10.8 Å². The Labute approximate surface area is 129 Å². The number of carbonyl (C=O) groups is 1. The molecule has 0 aliphatic heterocycles. The quantitative estimate of drug-likeness (QED) is 0.710. The van der Waals surface area contributed by atoms with Crippen molar-refractivity contribution in [3.63, 3.8) is 0 Å². The fourth-order valence-corrected chi connectivity index (χ4v) is 2.15. The second-order valence-corrected chi connectivity index (χ2v) is 5.12. The molecule has 21 heavy (non-hydrogen) atoms. The van der Waals surface area contributed by atoms with E-state index in [2.05, 4.69) is 25.3 Å². The molecule has 106 valence electrons.